The van der Waals surface area contributed by atoms with Gasteiger partial charge in [-0.3, -0.25) is 10.1 Å². The fourth-order valence-corrected chi connectivity index (χ4v) is 3.36. The van der Waals surface area contributed by atoms with Crippen LogP contribution in [-0.2, 0) is 4.79 Å². The molecule has 2 aliphatic rings. The summed E-state index contributed by atoms with van der Waals surface area (Å²) in [4.78, 5) is 16.7. The Morgan fingerprint density at radius 1 is 1.29 bits per heavy atom. The summed E-state index contributed by atoms with van der Waals surface area (Å²) < 4.78 is 5.20. The van der Waals surface area contributed by atoms with E-state index >= 15 is 0 Å². The molecule has 0 bridgehead atoms. The lowest BCUT2D eigenvalue weighted by atomic mass is 10.0. The second-order valence-corrected chi connectivity index (χ2v) is 5.92. The topological polar surface area (TPSA) is 44.8 Å². The molecule has 5 heteroatoms. The molecule has 0 spiro atoms. The number of rotatable bonds is 3. The number of likely N-dealkylation sites (N-methyl/N-ethyl adjacent to an activating group) is 1. The molecule has 2 fully saturated rings. The van der Waals surface area contributed by atoms with E-state index in [0.717, 1.165) is 37.2 Å². The highest BCUT2D eigenvalue weighted by atomic mass is 16.5. The molecule has 21 heavy (non-hydrogen) atoms. The van der Waals surface area contributed by atoms with E-state index < -0.39 is 0 Å². The van der Waals surface area contributed by atoms with Crippen LogP contribution in [0.25, 0.3) is 0 Å². The molecule has 1 N–H and O–H groups in total. The predicted octanol–water partition coefficient (Wildman–Crippen LogP) is 1.22. The minimum Gasteiger partial charge on any atom is -0.497 e. The number of hydrogen-bond donors (Lipinski definition) is 1. The fraction of sp³-hybridized carbons (Fsp3) is 0.562. The number of nitrogens with one attached hydrogen (secondary N) is 1. The smallest absolute Gasteiger partial charge is 0.238 e. The van der Waals surface area contributed by atoms with Crippen LogP contribution in [-0.4, -0.2) is 55.5 Å². The summed E-state index contributed by atoms with van der Waals surface area (Å²) >= 11 is 0. The zero-order chi connectivity index (χ0) is 14.8. The van der Waals surface area contributed by atoms with Crippen LogP contribution in [0.15, 0.2) is 24.3 Å². The number of hydrogen-bond acceptors (Lipinski definition) is 4. The first-order valence-corrected chi connectivity index (χ1v) is 7.56. The summed E-state index contributed by atoms with van der Waals surface area (Å²) in [5, 5.41) is 3.34. The molecule has 2 unspecified atom stereocenters. The molecule has 3 rings (SSSR count). The van der Waals surface area contributed by atoms with Crippen molar-refractivity contribution in [3.8, 4) is 5.75 Å². The maximum absolute atomic E-state index is 12.3. The van der Waals surface area contributed by atoms with E-state index in [1.165, 1.54) is 0 Å². The first-order valence-electron chi connectivity index (χ1n) is 7.56. The number of amides is 1. The molecule has 0 radical (unpaired) electrons. The van der Waals surface area contributed by atoms with Crippen molar-refractivity contribution in [1.82, 2.24) is 15.1 Å². The summed E-state index contributed by atoms with van der Waals surface area (Å²) in [6.07, 6.45) is 2.23. The van der Waals surface area contributed by atoms with Gasteiger partial charge in [0.2, 0.25) is 5.91 Å². The summed E-state index contributed by atoms with van der Waals surface area (Å²) in [5.41, 5.74) is 1.12. The summed E-state index contributed by atoms with van der Waals surface area (Å²) in [5.74, 6) is 1.04. The lowest BCUT2D eigenvalue weighted by molar-refractivity contribution is -0.131. The Labute approximate surface area is 125 Å². The number of likely N-dealkylation sites (tertiary alicyclic amines) is 1. The van der Waals surface area contributed by atoms with Crippen LogP contribution < -0.4 is 10.1 Å². The van der Waals surface area contributed by atoms with E-state index in [0.29, 0.717) is 12.6 Å². The average molecular weight is 289 g/mol. The van der Waals surface area contributed by atoms with E-state index in [1.807, 2.05) is 29.2 Å². The van der Waals surface area contributed by atoms with Gasteiger partial charge in [-0.05, 0) is 44.1 Å². The molecule has 0 aromatic heterocycles. The van der Waals surface area contributed by atoms with Gasteiger partial charge in [-0.1, -0.05) is 12.1 Å². The van der Waals surface area contributed by atoms with Gasteiger partial charge in [-0.2, -0.15) is 0 Å². The van der Waals surface area contributed by atoms with E-state index in [2.05, 4.69) is 17.3 Å². The lowest BCUT2D eigenvalue weighted by Gasteiger charge is -2.38. The quantitative estimate of drug-likeness (QED) is 0.909. The van der Waals surface area contributed by atoms with Gasteiger partial charge in [0.05, 0.1) is 13.7 Å². The highest BCUT2D eigenvalue weighted by Crippen LogP contribution is 2.29. The third kappa shape index (κ3) is 2.89. The van der Waals surface area contributed by atoms with Gasteiger partial charge < -0.3 is 14.5 Å². The summed E-state index contributed by atoms with van der Waals surface area (Å²) in [7, 11) is 3.79. The standard InChI is InChI=1S/C16H23N3O2/c1-18-9-3-4-13(11-18)19-15(20)10-17-16(19)12-5-7-14(21-2)8-6-12/h5-8,13,16-17H,3-4,9-11H2,1-2H3. The lowest BCUT2D eigenvalue weighted by Crippen LogP contribution is -2.48. The third-order valence-electron chi connectivity index (χ3n) is 4.44. The molecule has 2 saturated heterocycles. The Balaban J connectivity index is 1.81. The van der Waals surface area contributed by atoms with Crippen molar-refractivity contribution in [1.29, 1.82) is 0 Å². The van der Waals surface area contributed by atoms with Crippen LogP contribution in [0.3, 0.4) is 0 Å². The molecule has 1 aromatic carbocycles. The maximum atomic E-state index is 12.3. The van der Waals surface area contributed by atoms with Gasteiger partial charge in [0.1, 0.15) is 11.9 Å². The van der Waals surface area contributed by atoms with Crippen molar-refractivity contribution in [3.05, 3.63) is 29.8 Å². The van der Waals surface area contributed by atoms with Gasteiger partial charge in [0, 0.05) is 12.6 Å². The number of benzene rings is 1. The van der Waals surface area contributed by atoms with E-state index in [4.69, 9.17) is 4.74 Å². The second kappa shape index (κ2) is 6.03. The third-order valence-corrected chi connectivity index (χ3v) is 4.44. The molecule has 5 nitrogen and oxygen atoms in total. The van der Waals surface area contributed by atoms with Crippen LogP contribution in [0, 0.1) is 0 Å². The molecule has 2 atom stereocenters. The Morgan fingerprint density at radius 2 is 2.05 bits per heavy atom. The normalized spacial score (nSPS) is 27.1. The average Bonchev–Trinajstić information content (AvgIpc) is 2.89. The second-order valence-electron chi connectivity index (χ2n) is 5.92. The Bertz CT molecular complexity index is 503. The first kappa shape index (κ1) is 14.4. The van der Waals surface area contributed by atoms with Crippen LogP contribution >= 0.6 is 0 Å². The molecular formula is C16H23N3O2. The number of carbonyl (C=O) groups excluding carboxylic acids is 1. The number of piperidine rings is 1. The number of methoxy groups -OCH3 is 1. The monoisotopic (exact) mass is 289 g/mol. The first-order chi connectivity index (χ1) is 10.2. The van der Waals surface area contributed by atoms with E-state index in [1.54, 1.807) is 7.11 Å². The highest BCUT2D eigenvalue weighted by molar-refractivity contribution is 5.81. The molecule has 0 aliphatic carbocycles. The van der Waals surface area contributed by atoms with Gasteiger partial charge in [0.15, 0.2) is 0 Å². The maximum Gasteiger partial charge on any atom is 0.238 e. The minimum absolute atomic E-state index is 0.0140. The van der Waals surface area contributed by atoms with Gasteiger partial charge >= 0.3 is 0 Å². The van der Waals surface area contributed by atoms with Gasteiger partial charge in [-0.15, -0.1) is 0 Å². The Hall–Kier alpha value is -1.59. The Morgan fingerprint density at radius 3 is 2.71 bits per heavy atom. The molecule has 0 saturated carbocycles. The molecule has 114 valence electrons. The van der Waals surface area contributed by atoms with Crippen molar-refractivity contribution >= 4 is 5.91 Å². The van der Waals surface area contributed by atoms with Crippen LogP contribution in [0.4, 0.5) is 0 Å². The summed E-state index contributed by atoms with van der Waals surface area (Å²) in [6, 6.07) is 8.28. The number of ether oxygens (including phenoxy) is 1. The molecule has 1 aromatic rings. The SMILES string of the molecule is COc1ccc(C2NCC(=O)N2C2CCCN(C)C2)cc1. The number of nitrogens with zero attached hydrogens (tertiary/aromatic N) is 2. The van der Waals surface area contributed by atoms with E-state index in [-0.39, 0.29) is 12.1 Å². The molecule has 2 aliphatic heterocycles. The van der Waals surface area contributed by atoms with Crippen molar-refractivity contribution in [2.75, 3.05) is 33.8 Å². The van der Waals surface area contributed by atoms with Crippen molar-refractivity contribution < 1.29 is 9.53 Å². The fourth-order valence-electron chi connectivity index (χ4n) is 3.36. The summed E-state index contributed by atoms with van der Waals surface area (Å²) in [6.45, 7) is 2.51. The number of carbonyl (C=O) groups is 1. The van der Waals surface area contributed by atoms with Gasteiger partial charge in [0.25, 0.3) is 0 Å². The zero-order valence-electron chi connectivity index (χ0n) is 12.7. The van der Waals surface area contributed by atoms with Crippen LogP contribution in [0.5, 0.6) is 5.75 Å². The Kier molecular flexibility index (Phi) is 4.12. The van der Waals surface area contributed by atoms with Crippen molar-refractivity contribution in [2.24, 2.45) is 0 Å². The van der Waals surface area contributed by atoms with Crippen molar-refractivity contribution in [3.63, 3.8) is 0 Å². The van der Waals surface area contributed by atoms with Gasteiger partial charge in [-0.25, -0.2) is 0 Å². The zero-order valence-corrected chi connectivity index (χ0v) is 12.7. The molecule has 1 amide bonds. The van der Waals surface area contributed by atoms with Crippen LogP contribution in [0.1, 0.15) is 24.6 Å². The van der Waals surface area contributed by atoms with Crippen LogP contribution in [0.2, 0.25) is 0 Å². The highest BCUT2D eigenvalue weighted by Gasteiger charge is 2.37. The predicted molar refractivity (Wildman–Crippen MR) is 81.1 cm³/mol. The molecular weight excluding hydrogens is 266 g/mol. The van der Waals surface area contributed by atoms with Crippen molar-refractivity contribution in [2.45, 2.75) is 25.0 Å². The largest absolute Gasteiger partial charge is 0.497 e. The minimum atomic E-state index is -0.0140. The van der Waals surface area contributed by atoms with E-state index in [9.17, 15) is 4.79 Å². The molecule has 2 heterocycles.